The zero-order valence-electron chi connectivity index (χ0n) is 10.1. The van der Waals surface area contributed by atoms with Crippen molar-refractivity contribution in [1.82, 2.24) is 14.7 Å². The van der Waals surface area contributed by atoms with Gasteiger partial charge >= 0.3 is 5.97 Å². The second-order valence-electron chi connectivity index (χ2n) is 4.08. The lowest BCUT2D eigenvalue weighted by Crippen LogP contribution is -2.33. The van der Waals surface area contributed by atoms with Crippen LogP contribution in [0.3, 0.4) is 0 Å². The van der Waals surface area contributed by atoms with Gasteiger partial charge in [-0.15, -0.1) is 0 Å². The van der Waals surface area contributed by atoms with Gasteiger partial charge in [-0.05, 0) is 6.42 Å². The quantitative estimate of drug-likeness (QED) is 0.821. The molecule has 2 heterocycles. The molecule has 0 aromatic carbocycles. The molecule has 0 saturated heterocycles. The van der Waals surface area contributed by atoms with Crippen molar-refractivity contribution in [3.63, 3.8) is 0 Å². The number of aromatic carboxylic acids is 1. The molecule has 7 heteroatoms. The smallest absolute Gasteiger partial charge is 0.356 e. The Hall–Kier alpha value is -1.89. The Labute approximate surface area is 104 Å². The van der Waals surface area contributed by atoms with Gasteiger partial charge < -0.3 is 14.7 Å². The number of rotatable bonds is 4. The van der Waals surface area contributed by atoms with Crippen molar-refractivity contribution in [3.05, 3.63) is 17.5 Å². The van der Waals surface area contributed by atoms with E-state index in [2.05, 4.69) is 5.10 Å². The Bertz CT molecular complexity index is 469. The molecule has 1 aliphatic heterocycles. The van der Waals surface area contributed by atoms with Gasteiger partial charge in [0.2, 0.25) is 0 Å². The molecule has 7 nitrogen and oxygen atoms in total. The summed E-state index contributed by atoms with van der Waals surface area (Å²) in [5.74, 6) is -1.31. The van der Waals surface area contributed by atoms with Gasteiger partial charge in [0.05, 0.1) is 6.61 Å². The van der Waals surface area contributed by atoms with Crippen molar-refractivity contribution >= 4 is 11.9 Å². The molecule has 1 N–H and O–H groups in total. The van der Waals surface area contributed by atoms with Gasteiger partial charge in [-0.1, -0.05) is 0 Å². The van der Waals surface area contributed by atoms with Crippen molar-refractivity contribution in [2.75, 3.05) is 26.8 Å². The first-order chi connectivity index (χ1) is 8.63. The molecule has 1 aromatic rings. The van der Waals surface area contributed by atoms with Crippen molar-refractivity contribution in [2.24, 2.45) is 0 Å². The molecule has 1 aliphatic rings. The van der Waals surface area contributed by atoms with Gasteiger partial charge in [-0.2, -0.15) is 5.10 Å². The number of hydrogen-bond acceptors (Lipinski definition) is 4. The lowest BCUT2D eigenvalue weighted by atomic mass is 10.3. The van der Waals surface area contributed by atoms with Crippen molar-refractivity contribution < 1.29 is 19.4 Å². The van der Waals surface area contributed by atoms with Gasteiger partial charge in [0.1, 0.15) is 5.69 Å². The monoisotopic (exact) mass is 253 g/mol. The van der Waals surface area contributed by atoms with E-state index >= 15 is 0 Å². The van der Waals surface area contributed by atoms with Crippen LogP contribution in [0.1, 0.15) is 27.4 Å². The Morgan fingerprint density at radius 1 is 1.56 bits per heavy atom. The third kappa shape index (κ3) is 2.35. The van der Waals surface area contributed by atoms with Gasteiger partial charge in [0.15, 0.2) is 5.69 Å². The van der Waals surface area contributed by atoms with E-state index in [1.807, 2.05) is 0 Å². The lowest BCUT2D eigenvalue weighted by Gasteiger charge is -2.19. The summed E-state index contributed by atoms with van der Waals surface area (Å²) in [5, 5.41) is 12.8. The van der Waals surface area contributed by atoms with E-state index in [0.717, 1.165) is 6.42 Å². The van der Waals surface area contributed by atoms with Gasteiger partial charge in [0, 0.05) is 32.8 Å². The maximum Gasteiger partial charge on any atom is 0.356 e. The van der Waals surface area contributed by atoms with Crippen LogP contribution in [0.4, 0.5) is 0 Å². The summed E-state index contributed by atoms with van der Waals surface area (Å²) < 4.78 is 6.43. The standard InChI is InChI=1S/C11H15N3O4/c1-18-6-5-13-3-2-4-14-9(10(13)15)7-8(12-14)11(16)17/h7H,2-6H2,1H3,(H,16,17). The highest BCUT2D eigenvalue weighted by atomic mass is 16.5. The van der Waals surface area contributed by atoms with Crippen LogP contribution in [0, 0.1) is 0 Å². The van der Waals surface area contributed by atoms with E-state index in [4.69, 9.17) is 9.84 Å². The summed E-state index contributed by atoms with van der Waals surface area (Å²) in [7, 11) is 1.58. The maximum atomic E-state index is 12.2. The Morgan fingerprint density at radius 2 is 2.33 bits per heavy atom. The highest BCUT2D eigenvalue weighted by molar-refractivity contribution is 5.95. The molecular formula is C11H15N3O4. The molecule has 0 spiro atoms. The fourth-order valence-corrected chi connectivity index (χ4v) is 1.95. The topological polar surface area (TPSA) is 84.7 Å². The van der Waals surface area contributed by atoms with Crippen LogP contribution >= 0.6 is 0 Å². The maximum absolute atomic E-state index is 12.2. The number of aryl methyl sites for hydroxylation is 1. The highest BCUT2D eigenvalue weighted by Crippen LogP contribution is 2.13. The number of amides is 1. The summed E-state index contributed by atoms with van der Waals surface area (Å²) in [6.07, 6.45) is 0.753. The van der Waals surface area contributed by atoms with E-state index in [-0.39, 0.29) is 11.6 Å². The van der Waals surface area contributed by atoms with E-state index < -0.39 is 5.97 Å². The minimum Gasteiger partial charge on any atom is -0.476 e. The second kappa shape index (κ2) is 5.18. The number of carbonyl (C=O) groups is 2. The summed E-state index contributed by atoms with van der Waals surface area (Å²) in [6.45, 7) is 2.15. The number of fused-ring (bicyclic) bond motifs is 1. The SMILES string of the molecule is COCCN1CCCn2nc(C(=O)O)cc2C1=O. The summed E-state index contributed by atoms with van der Waals surface area (Å²) in [4.78, 5) is 24.7. The van der Waals surface area contributed by atoms with E-state index in [9.17, 15) is 9.59 Å². The number of aromatic nitrogens is 2. The molecule has 0 fully saturated rings. The van der Waals surface area contributed by atoms with Crippen LogP contribution in [-0.2, 0) is 11.3 Å². The Morgan fingerprint density at radius 3 is 3.00 bits per heavy atom. The largest absolute Gasteiger partial charge is 0.476 e. The van der Waals surface area contributed by atoms with Gasteiger partial charge in [0.25, 0.3) is 5.91 Å². The molecule has 0 unspecified atom stereocenters. The second-order valence-corrected chi connectivity index (χ2v) is 4.08. The molecule has 0 bridgehead atoms. The van der Waals surface area contributed by atoms with Gasteiger partial charge in [-0.3, -0.25) is 9.48 Å². The summed E-state index contributed by atoms with van der Waals surface area (Å²) >= 11 is 0. The van der Waals surface area contributed by atoms with E-state index in [1.54, 1.807) is 12.0 Å². The number of methoxy groups -OCH3 is 1. The molecule has 0 saturated carbocycles. The minimum absolute atomic E-state index is 0.0908. The molecule has 2 rings (SSSR count). The number of nitrogens with zero attached hydrogens (tertiary/aromatic N) is 3. The average molecular weight is 253 g/mol. The van der Waals surface area contributed by atoms with E-state index in [0.29, 0.717) is 31.9 Å². The molecule has 1 aromatic heterocycles. The van der Waals surface area contributed by atoms with Crippen LogP contribution in [-0.4, -0.2) is 58.5 Å². The Kier molecular flexibility index (Phi) is 3.61. The van der Waals surface area contributed by atoms with E-state index in [1.165, 1.54) is 10.7 Å². The zero-order chi connectivity index (χ0) is 13.1. The third-order valence-electron chi connectivity index (χ3n) is 2.87. The molecule has 18 heavy (non-hydrogen) atoms. The Balaban J connectivity index is 2.24. The molecule has 98 valence electrons. The van der Waals surface area contributed by atoms with Crippen molar-refractivity contribution in [2.45, 2.75) is 13.0 Å². The first kappa shape index (κ1) is 12.6. The molecule has 1 amide bonds. The van der Waals surface area contributed by atoms with Crippen LogP contribution in [0.25, 0.3) is 0 Å². The molecule has 0 aliphatic carbocycles. The molecule has 0 atom stereocenters. The average Bonchev–Trinajstić information content (AvgIpc) is 2.71. The van der Waals surface area contributed by atoms with Crippen LogP contribution in [0.2, 0.25) is 0 Å². The van der Waals surface area contributed by atoms with Gasteiger partial charge in [-0.25, -0.2) is 4.79 Å². The minimum atomic E-state index is -1.12. The zero-order valence-corrected chi connectivity index (χ0v) is 10.1. The fraction of sp³-hybridized carbons (Fsp3) is 0.545. The lowest BCUT2D eigenvalue weighted by molar-refractivity contribution is 0.0688. The summed E-state index contributed by atoms with van der Waals surface area (Å²) in [5.41, 5.74) is 0.243. The number of hydrogen-bond donors (Lipinski definition) is 1. The van der Waals surface area contributed by atoms with Crippen LogP contribution < -0.4 is 0 Å². The molecule has 0 radical (unpaired) electrons. The highest BCUT2D eigenvalue weighted by Gasteiger charge is 2.25. The fourth-order valence-electron chi connectivity index (χ4n) is 1.95. The predicted molar refractivity (Wildman–Crippen MR) is 61.6 cm³/mol. The number of carboxylic acids is 1. The third-order valence-corrected chi connectivity index (χ3v) is 2.87. The molecular weight excluding hydrogens is 238 g/mol. The van der Waals surface area contributed by atoms with Crippen molar-refractivity contribution in [1.29, 1.82) is 0 Å². The number of carboxylic acid groups (broad SMARTS) is 1. The summed E-state index contributed by atoms with van der Waals surface area (Å²) in [6, 6.07) is 1.33. The number of ether oxygens (including phenoxy) is 1. The number of carbonyl (C=O) groups excluding carboxylic acids is 1. The predicted octanol–water partition coefficient (Wildman–Crippen LogP) is 0.0736. The van der Waals surface area contributed by atoms with Crippen molar-refractivity contribution in [3.8, 4) is 0 Å². The van der Waals surface area contributed by atoms with Crippen LogP contribution in [0.15, 0.2) is 6.07 Å². The first-order valence-corrected chi connectivity index (χ1v) is 5.73. The normalized spacial score (nSPS) is 15.4. The first-order valence-electron chi connectivity index (χ1n) is 5.73. The van der Waals surface area contributed by atoms with Crippen LogP contribution in [0.5, 0.6) is 0 Å².